The Bertz CT molecular complexity index is 952. The summed E-state index contributed by atoms with van der Waals surface area (Å²) in [4.78, 5) is 0. The van der Waals surface area contributed by atoms with Gasteiger partial charge in [-0.15, -0.1) is 0 Å². The van der Waals surface area contributed by atoms with E-state index in [0.717, 1.165) is 12.8 Å². The van der Waals surface area contributed by atoms with Gasteiger partial charge in [0, 0.05) is 5.92 Å². The molecule has 27 heavy (non-hydrogen) atoms. The summed E-state index contributed by atoms with van der Waals surface area (Å²) in [5.41, 5.74) is 9.39. The number of aryl methyl sites for hydroxylation is 2. The van der Waals surface area contributed by atoms with E-state index >= 15 is 0 Å². The van der Waals surface area contributed by atoms with Gasteiger partial charge in [0.1, 0.15) is 0 Å². The molecule has 0 N–H and O–H groups in total. The molecule has 0 amide bonds. The highest BCUT2D eigenvalue weighted by atomic mass is 14.2. The molecule has 0 aromatic heterocycles. The van der Waals surface area contributed by atoms with Crippen LogP contribution in [0.3, 0.4) is 0 Å². The maximum absolute atomic E-state index is 2.40. The van der Waals surface area contributed by atoms with Gasteiger partial charge >= 0.3 is 0 Å². The number of allylic oxidation sites excluding steroid dienone is 4. The van der Waals surface area contributed by atoms with Crippen LogP contribution in [0.25, 0.3) is 11.1 Å². The van der Waals surface area contributed by atoms with Crippen LogP contribution in [0.1, 0.15) is 34.6 Å². The van der Waals surface area contributed by atoms with E-state index in [1.54, 1.807) is 0 Å². The second-order valence-corrected chi connectivity index (χ2v) is 7.63. The summed E-state index contributed by atoms with van der Waals surface area (Å²) >= 11 is 0. The van der Waals surface area contributed by atoms with E-state index < -0.39 is 0 Å². The molecule has 1 aliphatic rings. The lowest BCUT2D eigenvalue weighted by Crippen LogP contribution is -2.00. The molecule has 0 nitrogen and oxygen atoms in total. The van der Waals surface area contributed by atoms with Gasteiger partial charge in [-0.3, -0.25) is 0 Å². The molecule has 1 atom stereocenters. The van der Waals surface area contributed by atoms with E-state index in [9.17, 15) is 0 Å². The fourth-order valence-electron chi connectivity index (χ4n) is 3.65. The Balaban J connectivity index is 1.40. The van der Waals surface area contributed by atoms with Crippen LogP contribution in [0, 0.1) is 13.8 Å². The van der Waals surface area contributed by atoms with Crippen molar-refractivity contribution in [2.45, 2.75) is 32.6 Å². The third kappa shape index (κ3) is 4.28. The third-order valence-electron chi connectivity index (χ3n) is 5.43. The summed E-state index contributed by atoms with van der Waals surface area (Å²) in [5.74, 6) is 0.512. The molecular formula is C27H26. The minimum atomic E-state index is 0.512. The average Bonchev–Trinajstić information content (AvgIpc) is 2.71. The number of rotatable bonds is 4. The highest BCUT2D eigenvalue weighted by molar-refractivity contribution is 5.64. The summed E-state index contributed by atoms with van der Waals surface area (Å²) in [6.07, 6.45) is 9.17. The van der Waals surface area contributed by atoms with Crippen molar-refractivity contribution in [2.75, 3.05) is 0 Å². The van der Waals surface area contributed by atoms with E-state index in [0.29, 0.717) is 5.92 Å². The van der Waals surface area contributed by atoms with E-state index in [-0.39, 0.29) is 0 Å². The van der Waals surface area contributed by atoms with Crippen molar-refractivity contribution in [1.29, 1.82) is 0 Å². The summed E-state index contributed by atoms with van der Waals surface area (Å²) in [6, 6.07) is 26.7. The van der Waals surface area contributed by atoms with Crippen LogP contribution in [0.5, 0.6) is 0 Å². The van der Waals surface area contributed by atoms with Gasteiger partial charge in [-0.1, -0.05) is 102 Å². The zero-order chi connectivity index (χ0) is 18.6. The molecular weight excluding hydrogens is 324 g/mol. The predicted molar refractivity (Wildman–Crippen MR) is 116 cm³/mol. The minimum Gasteiger partial charge on any atom is -0.0801 e. The lowest BCUT2D eigenvalue weighted by molar-refractivity contribution is 0.838. The van der Waals surface area contributed by atoms with Crippen LogP contribution >= 0.6 is 0 Å². The molecule has 0 bridgehead atoms. The molecule has 0 heterocycles. The number of hydrogen-bond donors (Lipinski definition) is 0. The molecule has 0 heteroatoms. The van der Waals surface area contributed by atoms with Gasteiger partial charge < -0.3 is 0 Å². The molecule has 0 saturated carbocycles. The van der Waals surface area contributed by atoms with Crippen LogP contribution in [0.2, 0.25) is 0 Å². The molecule has 3 aromatic carbocycles. The Morgan fingerprint density at radius 1 is 0.704 bits per heavy atom. The van der Waals surface area contributed by atoms with Crippen molar-refractivity contribution in [3.05, 3.63) is 119 Å². The minimum absolute atomic E-state index is 0.512. The number of hydrogen-bond acceptors (Lipinski definition) is 0. The van der Waals surface area contributed by atoms with Gasteiger partial charge in [-0.25, -0.2) is 0 Å². The Labute approximate surface area is 162 Å². The van der Waals surface area contributed by atoms with Gasteiger partial charge in [0.2, 0.25) is 0 Å². The molecule has 0 fully saturated rings. The lowest BCUT2D eigenvalue weighted by Gasteiger charge is -2.17. The van der Waals surface area contributed by atoms with Crippen molar-refractivity contribution in [2.24, 2.45) is 0 Å². The normalized spacial score (nSPS) is 16.2. The summed E-state index contributed by atoms with van der Waals surface area (Å²) < 4.78 is 0. The van der Waals surface area contributed by atoms with Gasteiger partial charge in [0.25, 0.3) is 0 Å². The number of benzene rings is 3. The standard InChI is InChI=1S/C27H26/c1-20-3-11-24(12-4-20)26-15-7-22(8-16-26)19-23-9-17-27(18-10-23)25-13-5-21(2)6-14-25/h3-17,27H,18-19H2,1-2H3. The van der Waals surface area contributed by atoms with Gasteiger partial charge in [-0.2, -0.15) is 0 Å². The summed E-state index contributed by atoms with van der Waals surface area (Å²) in [5, 5.41) is 0. The Hall–Kier alpha value is -2.86. The van der Waals surface area contributed by atoms with Crippen molar-refractivity contribution in [3.63, 3.8) is 0 Å². The topological polar surface area (TPSA) is 0 Å². The van der Waals surface area contributed by atoms with Crippen molar-refractivity contribution >= 4 is 0 Å². The third-order valence-corrected chi connectivity index (χ3v) is 5.43. The van der Waals surface area contributed by atoms with Gasteiger partial charge in [-0.05, 0) is 54.5 Å². The van der Waals surface area contributed by atoms with E-state index in [2.05, 4.69) is 105 Å². The van der Waals surface area contributed by atoms with Crippen LogP contribution in [0.15, 0.2) is 96.6 Å². The van der Waals surface area contributed by atoms with Crippen LogP contribution in [-0.4, -0.2) is 0 Å². The first-order chi connectivity index (χ1) is 13.2. The fourth-order valence-corrected chi connectivity index (χ4v) is 3.65. The first-order valence-electron chi connectivity index (χ1n) is 9.77. The van der Waals surface area contributed by atoms with Crippen molar-refractivity contribution in [1.82, 2.24) is 0 Å². The summed E-state index contributed by atoms with van der Waals surface area (Å²) in [7, 11) is 0. The molecule has 0 saturated heterocycles. The monoisotopic (exact) mass is 350 g/mol. The molecule has 0 aliphatic heterocycles. The van der Waals surface area contributed by atoms with Crippen molar-refractivity contribution in [3.8, 4) is 11.1 Å². The lowest BCUT2D eigenvalue weighted by atomic mass is 9.88. The first kappa shape index (κ1) is 17.5. The molecule has 1 unspecified atom stereocenters. The molecule has 4 rings (SSSR count). The van der Waals surface area contributed by atoms with E-state index in [1.807, 2.05) is 0 Å². The van der Waals surface area contributed by atoms with E-state index in [1.165, 1.54) is 39.0 Å². The summed E-state index contributed by atoms with van der Waals surface area (Å²) in [6.45, 7) is 4.27. The SMILES string of the molecule is Cc1ccc(-c2ccc(CC3=CCC(c4ccc(C)cc4)C=C3)cc2)cc1. The highest BCUT2D eigenvalue weighted by Gasteiger charge is 2.11. The zero-order valence-corrected chi connectivity index (χ0v) is 16.2. The Morgan fingerprint density at radius 3 is 1.81 bits per heavy atom. The predicted octanol–water partition coefficient (Wildman–Crippen LogP) is 7.18. The largest absolute Gasteiger partial charge is 0.0801 e. The maximum atomic E-state index is 2.40. The fraction of sp³-hybridized carbons (Fsp3) is 0.185. The maximum Gasteiger partial charge on any atom is 0.00559 e. The van der Waals surface area contributed by atoms with Gasteiger partial charge in [0.15, 0.2) is 0 Å². The molecule has 0 spiro atoms. The average molecular weight is 351 g/mol. The van der Waals surface area contributed by atoms with Crippen LogP contribution < -0.4 is 0 Å². The Kier molecular flexibility index (Phi) is 5.07. The second-order valence-electron chi connectivity index (χ2n) is 7.63. The second kappa shape index (κ2) is 7.80. The zero-order valence-electron chi connectivity index (χ0n) is 16.2. The first-order valence-corrected chi connectivity index (χ1v) is 9.77. The van der Waals surface area contributed by atoms with Crippen LogP contribution in [0.4, 0.5) is 0 Å². The van der Waals surface area contributed by atoms with E-state index in [4.69, 9.17) is 0 Å². The van der Waals surface area contributed by atoms with Gasteiger partial charge in [0.05, 0.1) is 0 Å². The van der Waals surface area contributed by atoms with Crippen LogP contribution in [-0.2, 0) is 6.42 Å². The smallest absolute Gasteiger partial charge is 0.00559 e. The molecule has 3 aromatic rings. The quantitative estimate of drug-likeness (QED) is 0.467. The Morgan fingerprint density at radius 2 is 1.26 bits per heavy atom. The molecule has 134 valence electrons. The molecule has 1 aliphatic carbocycles. The molecule has 0 radical (unpaired) electrons. The van der Waals surface area contributed by atoms with Crippen molar-refractivity contribution < 1.29 is 0 Å². The highest BCUT2D eigenvalue weighted by Crippen LogP contribution is 2.28.